The molecule has 0 aromatic carbocycles. The van der Waals surface area contributed by atoms with Crippen LogP contribution in [0.25, 0.3) is 0 Å². The number of carboxylic acids is 1. The zero-order valence-electron chi connectivity index (χ0n) is 9.53. The third-order valence-electron chi connectivity index (χ3n) is 2.38. The molecule has 0 unspecified atom stereocenters. The standard InChI is InChI=1S/C11H9N3O4S/c15-11(16)9(8-4-2-6-19-8)13-10-7(14(17)18)3-1-5-12-10/h1-6,9H,(H,12,13)(H,15,16)/t9-/m1/s1. The van der Waals surface area contributed by atoms with Gasteiger partial charge in [0, 0.05) is 6.07 Å². The fourth-order valence-corrected chi connectivity index (χ4v) is 2.30. The third kappa shape index (κ3) is 2.86. The zero-order valence-corrected chi connectivity index (χ0v) is 10.3. The number of aromatic nitrogens is 1. The number of carbonyl (C=O) groups excluding carboxylic acids is 1. The molecule has 0 bridgehead atoms. The number of nitrogens with one attached hydrogen (secondary N) is 2. The molecule has 0 aliphatic heterocycles. The van der Waals surface area contributed by atoms with Crippen molar-refractivity contribution in [3.63, 3.8) is 0 Å². The first kappa shape index (κ1) is 13.0. The van der Waals surface area contributed by atoms with Gasteiger partial charge in [0.25, 0.3) is 0 Å². The predicted octanol–water partition coefficient (Wildman–Crippen LogP) is 0.374. The molecule has 2 heterocycles. The van der Waals surface area contributed by atoms with Gasteiger partial charge >= 0.3 is 11.5 Å². The van der Waals surface area contributed by atoms with E-state index in [1.165, 1.54) is 29.7 Å². The summed E-state index contributed by atoms with van der Waals surface area (Å²) in [5.74, 6) is -1.33. The van der Waals surface area contributed by atoms with E-state index in [2.05, 4.69) is 10.3 Å². The van der Waals surface area contributed by atoms with Crippen molar-refractivity contribution >= 4 is 28.8 Å². The lowest BCUT2D eigenvalue weighted by Crippen LogP contribution is -2.35. The van der Waals surface area contributed by atoms with Crippen LogP contribution in [0, 0.1) is 10.1 Å². The van der Waals surface area contributed by atoms with Crippen LogP contribution in [0.5, 0.6) is 0 Å². The lowest BCUT2D eigenvalue weighted by molar-refractivity contribution is -0.410. The molecule has 19 heavy (non-hydrogen) atoms. The van der Waals surface area contributed by atoms with Crippen molar-refractivity contribution in [2.24, 2.45) is 0 Å². The molecule has 0 saturated carbocycles. The number of hydrogen-bond donors (Lipinski definition) is 1. The summed E-state index contributed by atoms with van der Waals surface area (Å²) < 4.78 is 0. The van der Waals surface area contributed by atoms with Crippen LogP contribution >= 0.6 is 11.3 Å². The highest BCUT2D eigenvalue weighted by Crippen LogP contribution is 2.25. The Morgan fingerprint density at radius 2 is 2.21 bits per heavy atom. The minimum Gasteiger partial charge on any atom is -0.545 e. The number of anilines is 1. The molecule has 8 heteroatoms. The molecule has 7 nitrogen and oxygen atoms in total. The molecular weight excluding hydrogens is 270 g/mol. The summed E-state index contributed by atoms with van der Waals surface area (Å²) in [4.78, 5) is 24.5. The number of rotatable bonds is 5. The Labute approximate surface area is 111 Å². The smallest absolute Gasteiger partial charge is 0.357 e. The Bertz CT molecular complexity index is 600. The van der Waals surface area contributed by atoms with Crippen molar-refractivity contribution in [2.75, 3.05) is 5.32 Å². The molecule has 0 saturated heterocycles. The highest BCUT2D eigenvalue weighted by atomic mass is 32.1. The number of nitro groups is 1. The highest BCUT2D eigenvalue weighted by Gasteiger charge is 2.26. The van der Waals surface area contributed by atoms with Gasteiger partial charge in [-0.1, -0.05) is 6.07 Å². The predicted molar refractivity (Wildman–Crippen MR) is 65.3 cm³/mol. The molecule has 2 aromatic rings. The average molecular weight is 279 g/mol. The van der Waals surface area contributed by atoms with Gasteiger partial charge in [-0.2, -0.15) is 0 Å². The first-order chi connectivity index (χ1) is 9.09. The second-order valence-electron chi connectivity index (χ2n) is 3.60. The van der Waals surface area contributed by atoms with Gasteiger partial charge in [0.05, 0.1) is 22.0 Å². The van der Waals surface area contributed by atoms with Gasteiger partial charge < -0.3 is 9.90 Å². The number of hydrogen-bond acceptors (Lipinski definition) is 6. The van der Waals surface area contributed by atoms with Crippen LogP contribution in [0.3, 0.4) is 0 Å². The van der Waals surface area contributed by atoms with Crippen molar-refractivity contribution in [3.8, 4) is 0 Å². The normalized spacial score (nSPS) is 11.8. The summed E-state index contributed by atoms with van der Waals surface area (Å²) in [5, 5.41) is 26.3. The maximum Gasteiger partial charge on any atom is 0.357 e. The summed E-state index contributed by atoms with van der Waals surface area (Å²) >= 11 is 1.23. The molecule has 2 rings (SSSR count). The van der Waals surface area contributed by atoms with E-state index in [1.807, 2.05) is 0 Å². The second kappa shape index (κ2) is 5.44. The number of carbonyl (C=O) groups is 1. The number of thiophene rings is 1. The number of aromatic amines is 1. The first-order valence-electron chi connectivity index (χ1n) is 5.25. The molecular formula is C11H9N3O4S. The van der Waals surface area contributed by atoms with E-state index >= 15 is 0 Å². The molecule has 2 N–H and O–H groups in total. The van der Waals surface area contributed by atoms with Crippen LogP contribution < -0.4 is 15.4 Å². The average Bonchev–Trinajstić information content (AvgIpc) is 2.89. The van der Waals surface area contributed by atoms with Crippen LogP contribution in [-0.4, -0.2) is 10.9 Å². The number of pyridine rings is 1. The molecule has 0 fully saturated rings. The van der Waals surface area contributed by atoms with Gasteiger partial charge in [-0.05, 0) is 17.5 Å². The van der Waals surface area contributed by atoms with Crippen LogP contribution in [0.15, 0.2) is 35.8 Å². The minimum atomic E-state index is -1.35. The monoisotopic (exact) mass is 279 g/mol. The zero-order chi connectivity index (χ0) is 13.8. The molecule has 0 aliphatic rings. The van der Waals surface area contributed by atoms with Gasteiger partial charge in [-0.3, -0.25) is 15.4 Å². The summed E-state index contributed by atoms with van der Waals surface area (Å²) in [5.41, 5.74) is -0.231. The summed E-state index contributed by atoms with van der Waals surface area (Å²) in [7, 11) is 0. The van der Waals surface area contributed by atoms with E-state index < -0.39 is 16.9 Å². The van der Waals surface area contributed by atoms with E-state index in [0.29, 0.717) is 4.88 Å². The van der Waals surface area contributed by atoms with Gasteiger partial charge in [-0.15, -0.1) is 11.3 Å². The fraction of sp³-hybridized carbons (Fsp3) is 0.0909. The van der Waals surface area contributed by atoms with E-state index in [9.17, 15) is 20.0 Å². The van der Waals surface area contributed by atoms with Gasteiger partial charge in [0.15, 0.2) is 6.04 Å². The van der Waals surface area contributed by atoms with Gasteiger partial charge in [0.1, 0.15) is 0 Å². The maximum absolute atomic E-state index is 11.1. The largest absolute Gasteiger partial charge is 0.545 e. The number of carboxylic acid groups (broad SMARTS) is 1. The summed E-state index contributed by atoms with van der Waals surface area (Å²) in [6.45, 7) is 0. The minimum absolute atomic E-state index is 0.0232. The molecule has 0 amide bonds. The van der Waals surface area contributed by atoms with Crippen molar-refractivity contribution in [3.05, 3.63) is 50.8 Å². The van der Waals surface area contributed by atoms with E-state index in [4.69, 9.17) is 0 Å². The van der Waals surface area contributed by atoms with Crippen LogP contribution in [-0.2, 0) is 4.79 Å². The van der Waals surface area contributed by atoms with Gasteiger partial charge in [0.2, 0.25) is 0 Å². The fourth-order valence-electron chi connectivity index (χ4n) is 1.54. The quantitative estimate of drug-likeness (QED) is 0.628. The van der Waals surface area contributed by atoms with Crippen LogP contribution in [0.1, 0.15) is 10.9 Å². The molecule has 2 aromatic heterocycles. The number of H-pyrrole nitrogens is 1. The Hall–Kier alpha value is -2.48. The van der Waals surface area contributed by atoms with Crippen molar-refractivity contribution in [1.82, 2.24) is 0 Å². The highest BCUT2D eigenvalue weighted by molar-refractivity contribution is 7.10. The van der Waals surface area contributed by atoms with Crippen molar-refractivity contribution in [2.45, 2.75) is 6.04 Å². The Morgan fingerprint density at radius 3 is 2.79 bits per heavy atom. The second-order valence-corrected chi connectivity index (χ2v) is 4.58. The Kier molecular flexibility index (Phi) is 3.71. The molecule has 0 aliphatic carbocycles. The van der Waals surface area contributed by atoms with E-state index in [-0.39, 0.29) is 11.5 Å². The summed E-state index contributed by atoms with van der Waals surface area (Å²) in [6.07, 6.45) is 1.47. The van der Waals surface area contributed by atoms with Crippen LogP contribution in [0.4, 0.5) is 11.5 Å². The maximum atomic E-state index is 11.1. The van der Waals surface area contributed by atoms with E-state index in [0.717, 1.165) is 0 Å². The third-order valence-corrected chi connectivity index (χ3v) is 3.32. The van der Waals surface area contributed by atoms with Gasteiger partial charge in [-0.25, -0.2) is 4.98 Å². The van der Waals surface area contributed by atoms with E-state index in [1.54, 1.807) is 17.5 Å². The SMILES string of the molecule is O=C([O-])[C@H](Nc1[nH+]cccc1[N+](=O)[O-])c1cccs1. The molecule has 0 spiro atoms. The lowest BCUT2D eigenvalue weighted by atomic mass is 10.2. The Morgan fingerprint density at radius 1 is 1.42 bits per heavy atom. The molecule has 0 radical (unpaired) electrons. The number of aliphatic carboxylic acids is 1. The topological polar surface area (TPSA) is 109 Å². The van der Waals surface area contributed by atoms with Crippen molar-refractivity contribution < 1.29 is 19.8 Å². The number of nitrogens with zero attached hydrogens (tertiary/aromatic N) is 1. The molecule has 98 valence electrons. The van der Waals surface area contributed by atoms with Crippen LogP contribution in [0.2, 0.25) is 0 Å². The van der Waals surface area contributed by atoms with Crippen molar-refractivity contribution in [1.29, 1.82) is 0 Å². The summed E-state index contributed by atoms with van der Waals surface area (Å²) in [6, 6.07) is 4.91. The Balaban J connectivity index is 2.33. The molecule has 1 atom stereocenters. The first-order valence-corrected chi connectivity index (χ1v) is 6.13. The lowest BCUT2D eigenvalue weighted by Gasteiger charge is -2.13.